The average molecular weight is 211 g/mol. The maximum Gasteiger partial charge on any atom is 0.165 e. The Morgan fingerprint density at radius 1 is 1.33 bits per heavy atom. The average Bonchev–Trinajstić information content (AvgIpc) is 2.50. The summed E-state index contributed by atoms with van der Waals surface area (Å²) in [5.74, 6) is 1.53. The molecule has 0 spiro atoms. The number of nitrogens with one attached hydrogen (secondary N) is 1. The number of tetrazole rings is 1. The normalized spacial score (nSPS) is 12.4. The van der Waals surface area contributed by atoms with Crippen LogP contribution in [0.25, 0.3) is 0 Å². The molecule has 1 aromatic heterocycles. The van der Waals surface area contributed by atoms with Crippen molar-refractivity contribution in [2.24, 2.45) is 5.92 Å². The van der Waals surface area contributed by atoms with Gasteiger partial charge in [-0.1, -0.05) is 13.8 Å². The second kappa shape index (κ2) is 4.70. The minimum absolute atomic E-state index is 0.0572. The van der Waals surface area contributed by atoms with Crippen LogP contribution in [0.4, 0.5) is 0 Å². The van der Waals surface area contributed by atoms with Crippen LogP contribution in [0, 0.1) is 5.92 Å². The molecule has 1 rings (SSSR count). The predicted molar refractivity (Wildman–Crippen MR) is 59.4 cm³/mol. The zero-order chi connectivity index (χ0) is 11.5. The lowest BCUT2D eigenvalue weighted by Crippen LogP contribution is -2.29. The highest BCUT2D eigenvalue weighted by atomic mass is 15.6. The lowest BCUT2D eigenvalue weighted by atomic mass is 10.1. The topological polar surface area (TPSA) is 55.6 Å². The van der Waals surface area contributed by atoms with Gasteiger partial charge in [0, 0.05) is 0 Å². The highest BCUT2D eigenvalue weighted by Gasteiger charge is 2.18. The fraction of sp³-hybridized carbons (Fsp3) is 0.900. The van der Waals surface area contributed by atoms with Crippen LogP contribution in [0.1, 0.15) is 40.4 Å². The van der Waals surface area contributed by atoms with Gasteiger partial charge in [-0.3, -0.25) is 0 Å². The van der Waals surface area contributed by atoms with Gasteiger partial charge in [0.25, 0.3) is 0 Å². The third kappa shape index (κ3) is 3.58. The fourth-order valence-electron chi connectivity index (χ4n) is 1.31. The van der Waals surface area contributed by atoms with Crippen LogP contribution in [0.15, 0.2) is 0 Å². The van der Waals surface area contributed by atoms with Gasteiger partial charge in [0.15, 0.2) is 5.82 Å². The van der Waals surface area contributed by atoms with Crippen molar-refractivity contribution in [3.8, 4) is 0 Å². The Hall–Kier alpha value is -0.970. The van der Waals surface area contributed by atoms with Crippen LogP contribution in [0.3, 0.4) is 0 Å². The second-order valence-electron chi connectivity index (χ2n) is 5.20. The molecule has 86 valence electrons. The molecule has 0 atom stereocenters. The highest BCUT2D eigenvalue weighted by molar-refractivity contribution is 4.86. The van der Waals surface area contributed by atoms with Crippen molar-refractivity contribution < 1.29 is 0 Å². The lowest BCUT2D eigenvalue weighted by Gasteiger charge is -2.20. The first-order chi connectivity index (χ1) is 6.91. The van der Waals surface area contributed by atoms with E-state index in [1.54, 1.807) is 0 Å². The van der Waals surface area contributed by atoms with Gasteiger partial charge in [-0.2, -0.15) is 0 Å². The summed E-state index contributed by atoms with van der Waals surface area (Å²) >= 11 is 0. The van der Waals surface area contributed by atoms with Gasteiger partial charge in [0.05, 0.1) is 12.1 Å². The summed E-state index contributed by atoms with van der Waals surface area (Å²) in [7, 11) is 0. The minimum Gasteiger partial charge on any atom is -0.310 e. The molecule has 15 heavy (non-hydrogen) atoms. The Morgan fingerprint density at radius 2 is 2.00 bits per heavy atom. The van der Waals surface area contributed by atoms with Crippen molar-refractivity contribution in [1.29, 1.82) is 0 Å². The van der Waals surface area contributed by atoms with Crippen LogP contribution in [0.5, 0.6) is 0 Å². The molecule has 0 bridgehead atoms. The number of rotatable bonds is 4. The van der Waals surface area contributed by atoms with E-state index in [0.29, 0.717) is 5.92 Å². The largest absolute Gasteiger partial charge is 0.310 e. The van der Waals surface area contributed by atoms with E-state index in [9.17, 15) is 0 Å². The Labute approximate surface area is 91.2 Å². The summed E-state index contributed by atoms with van der Waals surface area (Å²) in [5.41, 5.74) is -0.0572. The van der Waals surface area contributed by atoms with E-state index < -0.39 is 0 Å². The first-order valence-corrected chi connectivity index (χ1v) is 5.39. The van der Waals surface area contributed by atoms with Crippen LogP contribution in [0.2, 0.25) is 0 Å². The quantitative estimate of drug-likeness (QED) is 0.812. The van der Waals surface area contributed by atoms with Gasteiger partial charge in [0.1, 0.15) is 0 Å². The van der Waals surface area contributed by atoms with Crippen LogP contribution < -0.4 is 5.32 Å². The third-order valence-electron chi connectivity index (χ3n) is 2.01. The van der Waals surface area contributed by atoms with E-state index in [1.165, 1.54) is 0 Å². The van der Waals surface area contributed by atoms with Crippen molar-refractivity contribution in [3.05, 3.63) is 5.82 Å². The summed E-state index contributed by atoms with van der Waals surface area (Å²) in [6.45, 7) is 12.3. The molecule has 0 unspecified atom stereocenters. The maximum absolute atomic E-state index is 4.02. The minimum atomic E-state index is -0.0572. The first kappa shape index (κ1) is 12.1. The summed E-state index contributed by atoms with van der Waals surface area (Å²) in [5, 5.41) is 15.1. The van der Waals surface area contributed by atoms with E-state index in [1.807, 2.05) is 4.68 Å². The molecule has 0 amide bonds. The van der Waals surface area contributed by atoms with E-state index in [-0.39, 0.29) is 5.54 Å². The molecule has 0 fully saturated rings. The molecular formula is C10H21N5. The molecule has 0 radical (unpaired) electrons. The molecule has 0 aliphatic rings. The smallest absolute Gasteiger partial charge is 0.165 e. The zero-order valence-electron chi connectivity index (χ0n) is 10.3. The molecule has 1 aromatic rings. The van der Waals surface area contributed by atoms with Crippen LogP contribution in [-0.2, 0) is 12.1 Å². The highest BCUT2D eigenvalue weighted by Crippen LogP contribution is 2.12. The van der Waals surface area contributed by atoms with Gasteiger partial charge in [0.2, 0.25) is 0 Å². The molecule has 1 heterocycles. The SMILES string of the molecule is CC(C)CNCc1nnnn1C(C)(C)C. The molecule has 0 aliphatic heterocycles. The molecule has 0 aliphatic carbocycles. The Bertz CT molecular complexity index is 297. The van der Waals surface area contributed by atoms with E-state index in [0.717, 1.165) is 18.9 Å². The second-order valence-corrected chi connectivity index (χ2v) is 5.20. The van der Waals surface area contributed by atoms with Crippen molar-refractivity contribution in [1.82, 2.24) is 25.5 Å². The van der Waals surface area contributed by atoms with E-state index in [2.05, 4.69) is 55.5 Å². The van der Waals surface area contributed by atoms with Crippen LogP contribution in [-0.4, -0.2) is 26.8 Å². The van der Waals surface area contributed by atoms with Gasteiger partial charge < -0.3 is 5.32 Å². The number of hydrogen-bond acceptors (Lipinski definition) is 4. The van der Waals surface area contributed by atoms with Gasteiger partial charge >= 0.3 is 0 Å². The summed E-state index contributed by atoms with van der Waals surface area (Å²) in [6, 6.07) is 0. The Morgan fingerprint density at radius 3 is 2.53 bits per heavy atom. The Balaban J connectivity index is 2.58. The van der Waals surface area contributed by atoms with Gasteiger partial charge in [-0.15, -0.1) is 5.10 Å². The monoisotopic (exact) mass is 211 g/mol. The molecule has 0 saturated heterocycles. The molecule has 0 saturated carbocycles. The standard InChI is InChI=1S/C10H21N5/c1-8(2)6-11-7-9-12-13-14-15(9)10(3,4)5/h8,11H,6-7H2,1-5H3. The summed E-state index contributed by atoms with van der Waals surface area (Å²) < 4.78 is 1.86. The van der Waals surface area contributed by atoms with Gasteiger partial charge in [-0.25, -0.2) is 4.68 Å². The molecular weight excluding hydrogens is 190 g/mol. The van der Waals surface area contributed by atoms with Crippen molar-refractivity contribution in [2.45, 2.75) is 46.7 Å². The molecule has 1 N–H and O–H groups in total. The van der Waals surface area contributed by atoms with E-state index in [4.69, 9.17) is 0 Å². The number of hydrogen-bond donors (Lipinski definition) is 1. The number of nitrogens with zero attached hydrogens (tertiary/aromatic N) is 4. The lowest BCUT2D eigenvalue weighted by molar-refractivity contribution is 0.330. The number of aromatic nitrogens is 4. The van der Waals surface area contributed by atoms with Crippen molar-refractivity contribution in [3.63, 3.8) is 0 Å². The Kier molecular flexibility index (Phi) is 3.79. The zero-order valence-corrected chi connectivity index (χ0v) is 10.3. The van der Waals surface area contributed by atoms with Crippen molar-refractivity contribution >= 4 is 0 Å². The maximum atomic E-state index is 4.02. The first-order valence-electron chi connectivity index (χ1n) is 5.39. The van der Waals surface area contributed by atoms with Crippen LogP contribution >= 0.6 is 0 Å². The molecule has 5 nitrogen and oxygen atoms in total. The summed E-state index contributed by atoms with van der Waals surface area (Å²) in [4.78, 5) is 0. The van der Waals surface area contributed by atoms with Crippen molar-refractivity contribution in [2.75, 3.05) is 6.54 Å². The molecule has 5 heteroatoms. The van der Waals surface area contributed by atoms with Gasteiger partial charge in [-0.05, 0) is 43.7 Å². The molecule has 0 aromatic carbocycles. The third-order valence-corrected chi connectivity index (χ3v) is 2.01. The van der Waals surface area contributed by atoms with E-state index >= 15 is 0 Å². The predicted octanol–water partition coefficient (Wildman–Crippen LogP) is 1.17. The summed E-state index contributed by atoms with van der Waals surface area (Å²) in [6.07, 6.45) is 0. The fourth-order valence-corrected chi connectivity index (χ4v) is 1.31.